The molecule has 1 heterocycles. The summed E-state index contributed by atoms with van der Waals surface area (Å²) in [6, 6.07) is 8.52. The van der Waals surface area contributed by atoms with Crippen molar-refractivity contribution < 1.29 is 4.39 Å². The Balaban J connectivity index is 2.18. The van der Waals surface area contributed by atoms with Crippen molar-refractivity contribution in [3.8, 4) is 0 Å². The third kappa shape index (κ3) is 3.29. The van der Waals surface area contributed by atoms with Gasteiger partial charge in [0.25, 0.3) is 0 Å². The minimum Gasteiger partial charge on any atom is -0.377 e. The third-order valence-corrected chi connectivity index (χ3v) is 3.50. The second-order valence-electron chi connectivity index (χ2n) is 3.90. The highest BCUT2D eigenvalue weighted by Crippen LogP contribution is 2.24. The first-order valence-corrected chi connectivity index (χ1v) is 6.98. The molecule has 0 aliphatic rings. The van der Waals surface area contributed by atoms with Crippen LogP contribution in [0.3, 0.4) is 0 Å². The van der Waals surface area contributed by atoms with Crippen LogP contribution in [0.25, 0.3) is 0 Å². The molecule has 18 heavy (non-hydrogen) atoms. The first-order chi connectivity index (χ1) is 8.56. The Hall–Kier alpha value is -0.940. The van der Waals surface area contributed by atoms with Gasteiger partial charge in [0, 0.05) is 10.0 Å². The summed E-state index contributed by atoms with van der Waals surface area (Å²) >= 11 is 6.62. The molecule has 0 amide bonds. The van der Waals surface area contributed by atoms with Crippen LogP contribution in [-0.4, -0.2) is 4.98 Å². The second-order valence-corrected chi connectivity index (χ2v) is 5.63. The lowest BCUT2D eigenvalue weighted by molar-refractivity contribution is 0.600. The lowest BCUT2D eigenvalue weighted by atomic mass is 10.1. The molecule has 0 spiro atoms. The summed E-state index contributed by atoms with van der Waals surface area (Å²) in [4.78, 5) is 4.12. The number of aromatic nitrogens is 1. The van der Waals surface area contributed by atoms with Gasteiger partial charge in [0.2, 0.25) is 0 Å². The van der Waals surface area contributed by atoms with Crippen molar-refractivity contribution in [1.82, 2.24) is 4.98 Å². The smallest absolute Gasteiger partial charge is 0.128 e. The van der Waals surface area contributed by atoms with Gasteiger partial charge in [-0.15, -0.1) is 0 Å². The lowest BCUT2D eigenvalue weighted by Gasteiger charge is -2.16. The molecule has 0 aliphatic carbocycles. The summed E-state index contributed by atoms with van der Waals surface area (Å²) in [5.41, 5.74) is 1.47. The first kappa shape index (κ1) is 13.5. The Morgan fingerprint density at radius 2 is 2.00 bits per heavy atom. The molecule has 0 saturated heterocycles. The van der Waals surface area contributed by atoms with Gasteiger partial charge in [-0.25, -0.2) is 9.37 Å². The van der Waals surface area contributed by atoms with E-state index in [9.17, 15) is 4.39 Å². The van der Waals surface area contributed by atoms with E-state index < -0.39 is 0 Å². The molecule has 0 radical (unpaired) electrons. The molecule has 2 aromatic rings. The van der Waals surface area contributed by atoms with E-state index in [1.54, 1.807) is 18.3 Å². The van der Waals surface area contributed by atoms with Gasteiger partial charge in [-0.2, -0.15) is 0 Å². The van der Waals surface area contributed by atoms with Crippen LogP contribution < -0.4 is 5.32 Å². The van der Waals surface area contributed by atoms with Gasteiger partial charge in [-0.3, -0.25) is 0 Å². The van der Waals surface area contributed by atoms with Crippen LogP contribution in [0.15, 0.2) is 45.6 Å². The Bertz CT molecular complexity index is 543. The SMILES string of the molecule is CC(Nc1ccc(Br)nc1)c1cc(Br)ccc1F. The van der Waals surface area contributed by atoms with Gasteiger partial charge >= 0.3 is 0 Å². The maximum absolute atomic E-state index is 13.7. The summed E-state index contributed by atoms with van der Waals surface area (Å²) in [5, 5.41) is 3.21. The fraction of sp³-hybridized carbons (Fsp3) is 0.154. The molecule has 5 heteroatoms. The normalized spacial score (nSPS) is 12.2. The Morgan fingerprint density at radius 3 is 2.67 bits per heavy atom. The van der Waals surface area contributed by atoms with Gasteiger partial charge in [-0.1, -0.05) is 15.9 Å². The molecule has 1 atom stereocenters. The van der Waals surface area contributed by atoms with Gasteiger partial charge in [0.05, 0.1) is 17.9 Å². The van der Waals surface area contributed by atoms with Crippen molar-refractivity contribution in [1.29, 1.82) is 0 Å². The zero-order valence-corrected chi connectivity index (χ0v) is 12.8. The van der Waals surface area contributed by atoms with Crippen LogP contribution in [0.5, 0.6) is 0 Å². The van der Waals surface area contributed by atoms with E-state index in [1.165, 1.54) is 6.07 Å². The van der Waals surface area contributed by atoms with Crippen molar-refractivity contribution in [3.05, 3.63) is 57.0 Å². The zero-order valence-electron chi connectivity index (χ0n) is 9.62. The molecule has 94 valence electrons. The predicted octanol–water partition coefficient (Wildman–Crippen LogP) is 4.92. The fourth-order valence-corrected chi connectivity index (χ4v) is 2.25. The lowest BCUT2D eigenvalue weighted by Crippen LogP contribution is -2.08. The third-order valence-electron chi connectivity index (χ3n) is 2.54. The highest BCUT2D eigenvalue weighted by Gasteiger charge is 2.11. The Morgan fingerprint density at radius 1 is 1.22 bits per heavy atom. The maximum atomic E-state index is 13.7. The molecule has 1 unspecified atom stereocenters. The van der Waals surface area contributed by atoms with Crippen LogP contribution in [-0.2, 0) is 0 Å². The van der Waals surface area contributed by atoms with Crippen LogP contribution in [0, 0.1) is 5.82 Å². The van der Waals surface area contributed by atoms with E-state index in [0.717, 1.165) is 14.8 Å². The monoisotopic (exact) mass is 372 g/mol. The van der Waals surface area contributed by atoms with Crippen molar-refractivity contribution in [2.45, 2.75) is 13.0 Å². The van der Waals surface area contributed by atoms with E-state index in [-0.39, 0.29) is 11.9 Å². The number of benzene rings is 1. The van der Waals surface area contributed by atoms with Crippen LogP contribution in [0.2, 0.25) is 0 Å². The number of hydrogen-bond donors (Lipinski definition) is 1. The molecular formula is C13H11Br2FN2. The molecule has 1 aromatic carbocycles. The van der Waals surface area contributed by atoms with Crippen LogP contribution in [0.1, 0.15) is 18.5 Å². The van der Waals surface area contributed by atoms with Gasteiger partial charge in [-0.05, 0) is 53.2 Å². The van der Waals surface area contributed by atoms with E-state index in [1.807, 2.05) is 19.1 Å². The predicted molar refractivity (Wildman–Crippen MR) is 78.1 cm³/mol. The zero-order chi connectivity index (χ0) is 13.1. The number of anilines is 1. The Kier molecular flexibility index (Phi) is 4.35. The summed E-state index contributed by atoms with van der Waals surface area (Å²) in [6.45, 7) is 1.91. The number of hydrogen-bond acceptors (Lipinski definition) is 2. The van der Waals surface area contributed by atoms with E-state index in [4.69, 9.17) is 0 Å². The minimum absolute atomic E-state index is 0.134. The quantitative estimate of drug-likeness (QED) is 0.772. The van der Waals surface area contributed by atoms with Crippen molar-refractivity contribution >= 4 is 37.5 Å². The van der Waals surface area contributed by atoms with Crippen LogP contribution >= 0.6 is 31.9 Å². The van der Waals surface area contributed by atoms with Gasteiger partial charge < -0.3 is 5.32 Å². The van der Waals surface area contributed by atoms with E-state index >= 15 is 0 Å². The number of pyridine rings is 1. The topological polar surface area (TPSA) is 24.9 Å². The Labute approximate surface area is 122 Å². The minimum atomic E-state index is -0.219. The molecule has 1 aromatic heterocycles. The fourth-order valence-electron chi connectivity index (χ4n) is 1.64. The molecule has 2 nitrogen and oxygen atoms in total. The molecule has 1 N–H and O–H groups in total. The number of nitrogens with zero attached hydrogens (tertiary/aromatic N) is 1. The molecule has 0 fully saturated rings. The van der Waals surface area contributed by atoms with E-state index in [0.29, 0.717) is 5.56 Å². The van der Waals surface area contributed by atoms with Gasteiger partial charge in [0.1, 0.15) is 10.4 Å². The van der Waals surface area contributed by atoms with E-state index in [2.05, 4.69) is 42.2 Å². The van der Waals surface area contributed by atoms with Crippen LogP contribution in [0.4, 0.5) is 10.1 Å². The second kappa shape index (κ2) is 5.80. The number of rotatable bonds is 3. The average molecular weight is 374 g/mol. The van der Waals surface area contributed by atoms with Crippen molar-refractivity contribution in [3.63, 3.8) is 0 Å². The number of halogens is 3. The maximum Gasteiger partial charge on any atom is 0.128 e. The highest BCUT2D eigenvalue weighted by atomic mass is 79.9. The summed E-state index contributed by atoms with van der Waals surface area (Å²) in [6.07, 6.45) is 1.70. The van der Waals surface area contributed by atoms with Crippen molar-refractivity contribution in [2.75, 3.05) is 5.32 Å². The summed E-state index contributed by atoms with van der Waals surface area (Å²) in [7, 11) is 0. The highest BCUT2D eigenvalue weighted by molar-refractivity contribution is 9.10. The molecular weight excluding hydrogens is 363 g/mol. The summed E-state index contributed by atoms with van der Waals surface area (Å²) < 4.78 is 15.3. The molecule has 2 rings (SSSR count). The summed E-state index contributed by atoms with van der Waals surface area (Å²) in [5.74, 6) is -0.219. The first-order valence-electron chi connectivity index (χ1n) is 5.39. The van der Waals surface area contributed by atoms with Gasteiger partial charge in [0.15, 0.2) is 0 Å². The largest absolute Gasteiger partial charge is 0.377 e. The molecule has 0 saturated carbocycles. The number of nitrogens with one attached hydrogen (secondary N) is 1. The average Bonchev–Trinajstić information content (AvgIpc) is 2.35. The van der Waals surface area contributed by atoms with Crippen molar-refractivity contribution in [2.24, 2.45) is 0 Å². The standard InChI is InChI=1S/C13H11Br2FN2/c1-8(11-6-9(14)2-4-12(11)16)18-10-3-5-13(15)17-7-10/h2-8,18H,1H3. The molecule has 0 bridgehead atoms. The molecule has 0 aliphatic heterocycles.